The average Bonchev–Trinajstić information content (AvgIpc) is 3.76. The molecule has 0 atom stereocenters. The summed E-state index contributed by atoms with van der Waals surface area (Å²) in [5.74, 6) is 0. The van der Waals surface area contributed by atoms with E-state index in [1.54, 1.807) is 0 Å². The first-order valence-corrected chi connectivity index (χ1v) is 20.4. The maximum Gasteiger partial charge on any atom is 0.143 e. The van der Waals surface area contributed by atoms with Crippen molar-refractivity contribution in [2.24, 2.45) is 0 Å². The lowest BCUT2D eigenvalue weighted by molar-refractivity contribution is 0.660. The Morgan fingerprint density at radius 1 is 0.439 bits per heavy atom. The van der Waals surface area contributed by atoms with E-state index in [2.05, 4.69) is 189 Å². The standard InChI is InChI=1S/C55H43NO/c1-55(2)50-21-10-8-17-45(50)49-34-48(39-26-23-37(24-27-39)41-28-25-36-13-6-7-14-40(36)33-41)52(35-51(49)55)56(42-15-4-3-5-16-42)43-31-29-38(30-32-43)44-19-12-20-47-46-18-9-11-22-53(46)57-54(44)47/h3-5,8-12,15-35H,6-7,13-14H2,1-2H3. The molecule has 0 saturated heterocycles. The highest BCUT2D eigenvalue weighted by Gasteiger charge is 2.37. The minimum absolute atomic E-state index is 0.146. The molecule has 8 aromatic carbocycles. The Morgan fingerprint density at radius 2 is 1.07 bits per heavy atom. The van der Waals surface area contributed by atoms with Crippen LogP contribution in [0, 0.1) is 0 Å². The van der Waals surface area contributed by atoms with Crippen LogP contribution < -0.4 is 4.90 Å². The van der Waals surface area contributed by atoms with Crippen LogP contribution in [0.15, 0.2) is 180 Å². The van der Waals surface area contributed by atoms with Crippen molar-refractivity contribution in [1.29, 1.82) is 0 Å². The molecule has 0 bridgehead atoms. The molecule has 1 aromatic heterocycles. The van der Waals surface area contributed by atoms with Crippen LogP contribution in [0.5, 0.6) is 0 Å². The van der Waals surface area contributed by atoms with Crippen molar-refractivity contribution >= 4 is 39.0 Å². The van der Waals surface area contributed by atoms with E-state index in [0.29, 0.717) is 0 Å². The van der Waals surface area contributed by atoms with Gasteiger partial charge in [-0.3, -0.25) is 0 Å². The number of hydrogen-bond donors (Lipinski definition) is 0. The fourth-order valence-electron chi connectivity index (χ4n) is 9.68. The van der Waals surface area contributed by atoms with Gasteiger partial charge in [-0.15, -0.1) is 0 Å². The molecule has 0 N–H and O–H groups in total. The first kappa shape index (κ1) is 33.7. The highest BCUT2D eigenvalue weighted by molar-refractivity contribution is 6.09. The van der Waals surface area contributed by atoms with E-state index in [0.717, 1.165) is 50.1 Å². The number of furan rings is 1. The number of aryl methyl sites for hydroxylation is 2. The number of fused-ring (bicyclic) bond motifs is 7. The van der Waals surface area contributed by atoms with Crippen LogP contribution in [-0.2, 0) is 18.3 Å². The molecular formula is C55H43NO. The van der Waals surface area contributed by atoms with Gasteiger partial charge in [0.05, 0.1) is 5.69 Å². The molecule has 1 heterocycles. The van der Waals surface area contributed by atoms with Gasteiger partial charge in [0, 0.05) is 38.7 Å². The summed E-state index contributed by atoms with van der Waals surface area (Å²) < 4.78 is 6.46. The van der Waals surface area contributed by atoms with Crippen LogP contribution in [0.1, 0.15) is 48.9 Å². The van der Waals surface area contributed by atoms with E-state index in [-0.39, 0.29) is 5.41 Å². The number of nitrogens with zero attached hydrogens (tertiary/aromatic N) is 1. The Morgan fingerprint density at radius 3 is 1.91 bits per heavy atom. The van der Waals surface area contributed by atoms with Gasteiger partial charge < -0.3 is 9.32 Å². The number of para-hydroxylation sites is 3. The number of rotatable bonds is 6. The molecule has 0 unspecified atom stereocenters. The molecule has 2 heteroatoms. The monoisotopic (exact) mass is 733 g/mol. The summed E-state index contributed by atoms with van der Waals surface area (Å²) in [7, 11) is 0. The molecule has 0 spiro atoms. The van der Waals surface area contributed by atoms with E-state index < -0.39 is 0 Å². The van der Waals surface area contributed by atoms with Crippen molar-refractivity contribution in [2.45, 2.75) is 44.9 Å². The minimum Gasteiger partial charge on any atom is -0.455 e. The molecule has 0 amide bonds. The summed E-state index contributed by atoms with van der Waals surface area (Å²) in [5.41, 5.74) is 20.7. The molecule has 11 rings (SSSR count). The van der Waals surface area contributed by atoms with Crippen molar-refractivity contribution in [1.82, 2.24) is 0 Å². The SMILES string of the molecule is CC1(C)c2ccccc2-c2cc(-c3ccc(-c4ccc5c(c4)CCCC5)cc3)c(N(c3ccccc3)c3ccc(-c4cccc5c4oc4ccccc45)cc3)cc21. The normalized spacial score (nSPS) is 14.0. The Labute approximate surface area is 334 Å². The van der Waals surface area contributed by atoms with Gasteiger partial charge >= 0.3 is 0 Å². The van der Waals surface area contributed by atoms with Crippen LogP contribution in [0.2, 0.25) is 0 Å². The van der Waals surface area contributed by atoms with Gasteiger partial charge in [-0.1, -0.05) is 147 Å². The molecule has 2 nitrogen and oxygen atoms in total. The zero-order chi connectivity index (χ0) is 38.1. The third kappa shape index (κ3) is 5.54. The smallest absolute Gasteiger partial charge is 0.143 e. The molecule has 274 valence electrons. The predicted octanol–water partition coefficient (Wildman–Crippen LogP) is 15.2. The van der Waals surface area contributed by atoms with Crippen molar-refractivity contribution in [3.8, 4) is 44.5 Å². The molecule has 2 aliphatic rings. The lowest BCUT2D eigenvalue weighted by atomic mass is 9.81. The predicted molar refractivity (Wildman–Crippen MR) is 239 cm³/mol. The van der Waals surface area contributed by atoms with Gasteiger partial charge in [0.25, 0.3) is 0 Å². The molecule has 0 saturated carbocycles. The largest absolute Gasteiger partial charge is 0.455 e. The summed E-state index contributed by atoms with van der Waals surface area (Å²) in [6.07, 6.45) is 4.97. The zero-order valence-electron chi connectivity index (χ0n) is 32.4. The number of anilines is 3. The van der Waals surface area contributed by atoms with Gasteiger partial charge in [-0.2, -0.15) is 0 Å². The lowest BCUT2D eigenvalue weighted by Crippen LogP contribution is -2.17. The maximum atomic E-state index is 6.46. The summed E-state index contributed by atoms with van der Waals surface area (Å²) >= 11 is 0. The Hall–Kier alpha value is -6.64. The van der Waals surface area contributed by atoms with E-state index in [1.165, 1.54) is 81.3 Å². The summed E-state index contributed by atoms with van der Waals surface area (Å²) in [4.78, 5) is 2.44. The average molecular weight is 734 g/mol. The van der Waals surface area contributed by atoms with Gasteiger partial charge in [0.2, 0.25) is 0 Å². The first-order valence-electron chi connectivity index (χ1n) is 20.4. The van der Waals surface area contributed by atoms with Gasteiger partial charge in [-0.25, -0.2) is 0 Å². The third-order valence-corrected chi connectivity index (χ3v) is 12.7. The van der Waals surface area contributed by atoms with Gasteiger partial charge in [0.15, 0.2) is 0 Å². The van der Waals surface area contributed by atoms with Crippen LogP contribution >= 0.6 is 0 Å². The van der Waals surface area contributed by atoms with E-state index in [4.69, 9.17) is 4.42 Å². The first-order chi connectivity index (χ1) is 28.0. The van der Waals surface area contributed by atoms with E-state index in [1.807, 2.05) is 6.07 Å². The molecule has 0 aliphatic heterocycles. The van der Waals surface area contributed by atoms with Crippen molar-refractivity contribution in [3.05, 3.63) is 198 Å². The fraction of sp³-hybridized carbons (Fsp3) is 0.127. The van der Waals surface area contributed by atoms with Gasteiger partial charge in [0.1, 0.15) is 11.2 Å². The Balaban J connectivity index is 1.07. The summed E-state index contributed by atoms with van der Waals surface area (Å²) in [6, 6.07) is 64.9. The zero-order valence-corrected chi connectivity index (χ0v) is 32.4. The molecule has 2 aliphatic carbocycles. The quantitative estimate of drug-likeness (QED) is 0.169. The van der Waals surface area contributed by atoms with Crippen LogP contribution in [0.4, 0.5) is 17.1 Å². The third-order valence-electron chi connectivity index (χ3n) is 12.7. The van der Waals surface area contributed by atoms with Crippen molar-refractivity contribution in [2.75, 3.05) is 4.90 Å². The Bertz CT molecular complexity index is 2970. The van der Waals surface area contributed by atoms with E-state index in [9.17, 15) is 0 Å². The minimum atomic E-state index is -0.146. The second-order valence-electron chi connectivity index (χ2n) is 16.4. The summed E-state index contributed by atoms with van der Waals surface area (Å²) in [5, 5.41) is 2.29. The molecule has 57 heavy (non-hydrogen) atoms. The molecule has 0 fully saturated rings. The fourth-order valence-corrected chi connectivity index (χ4v) is 9.68. The van der Waals surface area contributed by atoms with Crippen LogP contribution in [0.25, 0.3) is 66.4 Å². The van der Waals surface area contributed by atoms with Crippen LogP contribution in [0.3, 0.4) is 0 Å². The second-order valence-corrected chi connectivity index (χ2v) is 16.4. The van der Waals surface area contributed by atoms with Crippen molar-refractivity contribution in [3.63, 3.8) is 0 Å². The molecular weight excluding hydrogens is 691 g/mol. The topological polar surface area (TPSA) is 16.4 Å². The summed E-state index contributed by atoms with van der Waals surface area (Å²) in [6.45, 7) is 4.74. The molecule has 0 radical (unpaired) electrons. The van der Waals surface area contributed by atoms with E-state index >= 15 is 0 Å². The van der Waals surface area contributed by atoms with Gasteiger partial charge in [-0.05, 0) is 124 Å². The number of benzene rings is 8. The molecule has 9 aromatic rings. The highest BCUT2D eigenvalue weighted by atomic mass is 16.3. The Kier molecular flexibility index (Phi) is 7.83. The lowest BCUT2D eigenvalue weighted by Gasteiger charge is -2.30. The maximum absolute atomic E-state index is 6.46. The van der Waals surface area contributed by atoms with Crippen LogP contribution in [-0.4, -0.2) is 0 Å². The van der Waals surface area contributed by atoms with Crippen molar-refractivity contribution < 1.29 is 4.42 Å². The highest BCUT2D eigenvalue weighted by Crippen LogP contribution is 2.53. The second kappa shape index (κ2) is 13.2. The number of hydrogen-bond acceptors (Lipinski definition) is 2.